The van der Waals surface area contributed by atoms with Crippen molar-refractivity contribution < 1.29 is 27.4 Å². The van der Waals surface area contributed by atoms with Crippen LogP contribution in [0.25, 0.3) is 10.8 Å². The average Bonchev–Trinajstić information content (AvgIpc) is 2.92. The highest BCUT2D eigenvalue weighted by Gasteiger charge is 2.32. The normalized spacial score (nSPS) is 16.1. The van der Waals surface area contributed by atoms with Crippen molar-refractivity contribution in [2.75, 3.05) is 19.7 Å². The van der Waals surface area contributed by atoms with Crippen LogP contribution in [0, 0.1) is 0 Å². The molecule has 190 valence electrons. The van der Waals surface area contributed by atoms with Crippen LogP contribution in [0.4, 0.5) is 13.2 Å². The van der Waals surface area contributed by atoms with E-state index in [1.54, 1.807) is 23.1 Å². The predicted molar refractivity (Wildman–Crippen MR) is 129 cm³/mol. The van der Waals surface area contributed by atoms with Gasteiger partial charge in [-0.2, -0.15) is 13.2 Å². The minimum Gasteiger partial charge on any atom is -0.471 e. The molecule has 2 aromatic heterocycles. The fraction of sp³-hybridized carbons (Fsp3) is 0.231. The van der Waals surface area contributed by atoms with Crippen LogP contribution in [-0.2, 0) is 17.5 Å². The highest BCUT2D eigenvalue weighted by atomic mass is 35.5. The average molecular weight is 529 g/mol. The number of rotatable bonds is 5. The quantitative estimate of drug-likeness (QED) is 0.341. The molecule has 3 heterocycles. The molecule has 0 N–H and O–H groups in total. The first-order valence-electron chi connectivity index (χ1n) is 11.4. The standard InChI is InChI=1S/C26H20ClF3N4O3/c27-23-20-12-17(6-8-19(20)24(33-32-23)37-15-16-4-2-1-3-5-16)25(35)34-10-11-36-22(14-34)21-9-7-18(13-31-21)26(28,29)30/h1-9,12-13,22H,10-11,14-15H2. The summed E-state index contributed by atoms with van der Waals surface area (Å²) in [6.07, 6.45) is -4.36. The second kappa shape index (κ2) is 10.3. The van der Waals surface area contributed by atoms with E-state index in [2.05, 4.69) is 15.2 Å². The third kappa shape index (κ3) is 5.50. The van der Waals surface area contributed by atoms with Crippen molar-refractivity contribution in [2.24, 2.45) is 0 Å². The van der Waals surface area contributed by atoms with Gasteiger partial charge in [0, 0.05) is 29.1 Å². The van der Waals surface area contributed by atoms with E-state index in [9.17, 15) is 18.0 Å². The predicted octanol–water partition coefficient (Wildman–Crippen LogP) is 5.49. The molecular formula is C26H20ClF3N4O3. The van der Waals surface area contributed by atoms with Gasteiger partial charge in [0.05, 0.1) is 24.4 Å². The molecule has 1 amide bonds. The van der Waals surface area contributed by atoms with Gasteiger partial charge in [0.1, 0.15) is 12.7 Å². The number of carbonyl (C=O) groups is 1. The number of morpholine rings is 1. The third-order valence-electron chi connectivity index (χ3n) is 5.96. The highest BCUT2D eigenvalue weighted by molar-refractivity contribution is 6.34. The molecule has 0 saturated carbocycles. The zero-order valence-corrected chi connectivity index (χ0v) is 20.0. The van der Waals surface area contributed by atoms with Crippen molar-refractivity contribution in [2.45, 2.75) is 18.9 Å². The van der Waals surface area contributed by atoms with E-state index in [0.29, 0.717) is 41.1 Å². The number of hydrogen-bond acceptors (Lipinski definition) is 6. The lowest BCUT2D eigenvalue weighted by atomic mass is 10.1. The molecule has 7 nitrogen and oxygen atoms in total. The van der Waals surface area contributed by atoms with E-state index >= 15 is 0 Å². The number of alkyl halides is 3. The zero-order chi connectivity index (χ0) is 26.0. The smallest absolute Gasteiger partial charge is 0.417 e. The van der Waals surface area contributed by atoms with Crippen LogP contribution in [0.3, 0.4) is 0 Å². The summed E-state index contributed by atoms with van der Waals surface area (Å²) in [7, 11) is 0. The number of ether oxygens (including phenoxy) is 2. The van der Waals surface area contributed by atoms with Gasteiger partial charge in [0.25, 0.3) is 5.91 Å². The molecule has 11 heteroatoms. The molecule has 1 atom stereocenters. The van der Waals surface area contributed by atoms with Crippen LogP contribution in [0.1, 0.15) is 33.3 Å². The molecule has 0 radical (unpaired) electrons. The van der Waals surface area contributed by atoms with E-state index in [0.717, 1.165) is 17.8 Å². The molecular weight excluding hydrogens is 509 g/mol. The molecule has 0 spiro atoms. The number of halogens is 4. The first-order chi connectivity index (χ1) is 17.8. The van der Waals surface area contributed by atoms with Gasteiger partial charge in [-0.25, -0.2) is 0 Å². The van der Waals surface area contributed by atoms with Gasteiger partial charge >= 0.3 is 6.18 Å². The number of hydrogen-bond donors (Lipinski definition) is 0. The summed E-state index contributed by atoms with van der Waals surface area (Å²) in [6.45, 7) is 0.973. The van der Waals surface area contributed by atoms with Gasteiger partial charge in [-0.3, -0.25) is 9.78 Å². The summed E-state index contributed by atoms with van der Waals surface area (Å²) in [5, 5.41) is 9.28. The minimum atomic E-state index is -4.48. The first kappa shape index (κ1) is 24.9. The molecule has 1 aliphatic rings. The molecule has 37 heavy (non-hydrogen) atoms. The van der Waals surface area contributed by atoms with E-state index in [1.807, 2.05) is 30.3 Å². The lowest BCUT2D eigenvalue weighted by molar-refractivity contribution is -0.137. The Morgan fingerprint density at radius 1 is 1.08 bits per heavy atom. The zero-order valence-electron chi connectivity index (χ0n) is 19.3. The van der Waals surface area contributed by atoms with Crippen LogP contribution in [0.15, 0.2) is 66.9 Å². The van der Waals surface area contributed by atoms with Crippen molar-refractivity contribution >= 4 is 28.3 Å². The highest BCUT2D eigenvalue weighted by Crippen LogP contribution is 2.32. The van der Waals surface area contributed by atoms with Gasteiger partial charge < -0.3 is 14.4 Å². The van der Waals surface area contributed by atoms with Gasteiger partial charge in [-0.05, 0) is 35.9 Å². The summed E-state index contributed by atoms with van der Waals surface area (Å²) in [5.74, 6) is 0.0174. The maximum Gasteiger partial charge on any atom is 0.417 e. The van der Waals surface area contributed by atoms with E-state index in [-0.39, 0.29) is 24.2 Å². The fourth-order valence-electron chi connectivity index (χ4n) is 4.02. The van der Waals surface area contributed by atoms with Crippen molar-refractivity contribution in [1.82, 2.24) is 20.1 Å². The van der Waals surface area contributed by atoms with Gasteiger partial charge in [-0.1, -0.05) is 41.9 Å². The summed E-state index contributed by atoms with van der Waals surface area (Å²) in [5.41, 5.74) is 0.812. The summed E-state index contributed by atoms with van der Waals surface area (Å²) >= 11 is 6.29. The van der Waals surface area contributed by atoms with E-state index in [1.165, 1.54) is 6.07 Å². The Labute approximate surface area is 214 Å². The number of aromatic nitrogens is 3. The fourth-order valence-corrected chi connectivity index (χ4v) is 4.22. The summed E-state index contributed by atoms with van der Waals surface area (Å²) in [4.78, 5) is 18.8. The van der Waals surface area contributed by atoms with E-state index in [4.69, 9.17) is 21.1 Å². The molecule has 5 rings (SSSR count). The van der Waals surface area contributed by atoms with Crippen LogP contribution in [-0.4, -0.2) is 45.7 Å². The van der Waals surface area contributed by atoms with Gasteiger partial charge in [-0.15, -0.1) is 10.2 Å². The lowest BCUT2D eigenvalue weighted by Crippen LogP contribution is -2.42. The monoisotopic (exact) mass is 528 g/mol. The van der Waals surface area contributed by atoms with Gasteiger partial charge in [0.15, 0.2) is 5.15 Å². The Bertz CT molecular complexity index is 1420. The second-order valence-corrected chi connectivity index (χ2v) is 8.77. The van der Waals surface area contributed by atoms with Crippen LogP contribution in [0.5, 0.6) is 5.88 Å². The Kier molecular flexibility index (Phi) is 6.94. The number of fused-ring (bicyclic) bond motifs is 1. The van der Waals surface area contributed by atoms with Crippen molar-refractivity contribution in [3.05, 3.63) is 94.4 Å². The van der Waals surface area contributed by atoms with E-state index < -0.39 is 17.8 Å². The first-order valence-corrected chi connectivity index (χ1v) is 11.7. The molecule has 1 unspecified atom stereocenters. The minimum absolute atomic E-state index is 0.130. The SMILES string of the molecule is O=C(c1ccc2c(OCc3ccccc3)nnc(Cl)c2c1)N1CCOC(c2ccc(C(F)(F)F)cn2)C1. The number of amides is 1. The number of carbonyl (C=O) groups excluding carboxylic acids is 1. The molecule has 1 fully saturated rings. The Balaban J connectivity index is 1.33. The van der Waals surface area contributed by atoms with Crippen molar-refractivity contribution in [1.29, 1.82) is 0 Å². The molecule has 2 aromatic carbocycles. The Morgan fingerprint density at radius 2 is 1.89 bits per heavy atom. The van der Waals surface area contributed by atoms with Crippen LogP contribution >= 0.6 is 11.6 Å². The topological polar surface area (TPSA) is 77.4 Å². The maximum atomic E-state index is 13.3. The Morgan fingerprint density at radius 3 is 2.62 bits per heavy atom. The van der Waals surface area contributed by atoms with Gasteiger partial charge in [0.2, 0.25) is 5.88 Å². The second-order valence-electron chi connectivity index (χ2n) is 8.41. The summed E-state index contributed by atoms with van der Waals surface area (Å²) in [6, 6.07) is 16.8. The number of nitrogens with zero attached hydrogens (tertiary/aromatic N) is 4. The lowest BCUT2D eigenvalue weighted by Gasteiger charge is -2.33. The number of pyridine rings is 1. The van der Waals surface area contributed by atoms with Crippen molar-refractivity contribution in [3.63, 3.8) is 0 Å². The molecule has 1 aliphatic heterocycles. The summed E-state index contributed by atoms with van der Waals surface area (Å²) < 4.78 is 50.1. The maximum absolute atomic E-state index is 13.3. The third-order valence-corrected chi connectivity index (χ3v) is 6.24. The van der Waals surface area contributed by atoms with Crippen molar-refractivity contribution in [3.8, 4) is 5.88 Å². The molecule has 0 bridgehead atoms. The van der Waals surface area contributed by atoms with Crippen LogP contribution < -0.4 is 4.74 Å². The Hall–Kier alpha value is -3.76. The largest absolute Gasteiger partial charge is 0.471 e. The molecule has 1 saturated heterocycles. The molecule has 0 aliphatic carbocycles. The molecule has 4 aromatic rings. The van der Waals surface area contributed by atoms with Crippen LogP contribution in [0.2, 0.25) is 5.15 Å². The number of benzene rings is 2.